The first kappa shape index (κ1) is 23.3. The largest absolute Gasteiger partial charge is 0.469 e. The van der Waals surface area contributed by atoms with Crippen LogP contribution in [0.5, 0.6) is 0 Å². The topological polar surface area (TPSA) is 52.8 Å². The van der Waals surface area contributed by atoms with E-state index in [1.807, 2.05) is 12.1 Å². The average Bonchev–Trinajstić information content (AvgIpc) is 3.12. The number of hydrogen-bond donors (Lipinski definition) is 2. The van der Waals surface area contributed by atoms with Gasteiger partial charge in [0, 0.05) is 38.6 Å². The van der Waals surface area contributed by atoms with Gasteiger partial charge in [0.15, 0.2) is 5.96 Å². The molecule has 0 bridgehead atoms. The van der Waals surface area contributed by atoms with Crippen molar-refractivity contribution < 1.29 is 4.42 Å². The monoisotopic (exact) mass is 476 g/mol. The molecule has 0 atom stereocenters. The van der Waals surface area contributed by atoms with Gasteiger partial charge in [-0.3, -0.25) is 4.99 Å². The lowest BCUT2D eigenvalue weighted by Gasteiger charge is -2.33. The molecule has 2 N–H and O–H groups in total. The van der Waals surface area contributed by atoms with Gasteiger partial charge in [-0.1, -0.05) is 27.2 Å². The zero-order valence-corrected chi connectivity index (χ0v) is 19.0. The summed E-state index contributed by atoms with van der Waals surface area (Å²) < 4.78 is 5.40. The van der Waals surface area contributed by atoms with Crippen molar-refractivity contribution in [1.82, 2.24) is 15.5 Å². The van der Waals surface area contributed by atoms with Crippen LogP contribution in [-0.2, 0) is 6.42 Å². The van der Waals surface area contributed by atoms with Crippen molar-refractivity contribution in [3.63, 3.8) is 0 Å². The average molecular weight is 476 g/mol. The van der Waals surface area contributed by atoms with Gasteiger partial charge in [-0.2, -0.15) is 0 Å². The van der Waals surface area contributed by atoms with Gasteiger partial charge in [0.1, 0.15) is 5.76 Å². The second-order valence-corrected chi connectivity index (χ2v) is 7.45. The smallest absolute Gasteiger partial charge is 0.191 e. The quantitative estimate of drug-likeness (QED) is 0.323. The van der Waals surface area contributed by atoms with Crippen molar-refractivity contribution in [3.05, 3.63) is 24.2 Å². The zero-order valence-electron chi connectivity index (χ0n) is 16.7. The van der Waals surface area contributed by atoms with E-state index in [1.165, 1.54) is 45.3 Å². The molecule has 150 valence electrons. The molecule has 1 aliphatic rings. The Hall–Kier alpha value is -0.760. The van der Waals surface area contributed by atoms with Crippen molar-refractivity contribution in [3.8, 4) is 0 Å². The van der Waals surface area contributed by atoms with Gasteiger partial charge in [-0.05, 0) is 43.9 Å². The number of nitrogens with one attached hydrogen (secondary N) is 2. The Morgan fingerprint density at radius 3 is 2.73 bits per heavy atom. The number of unbranched alkanes of at least 4 members (excludes halogenated alkanes) is 1. The highest BCUT2D eigenvalue weighted by Crippen LogP contribution is 2.11. The molecule has 26 heavy (non-hydrogen) atoms. The van der Waals surface area contributed by atoms with Crippen LogP contribution in [0.4, 0.5) is 0 Å². The van der Waals surface area contributed by atoms with Crippen molar-refractivity contribution in [1.29, 1.82) is 0 Å². The standard InChI is InChI=1S/C20H36N4O.HI/c1-4-5-12-24-13-9-18(10-14-24)23-20(22-16-17(2)3)21-11-8-19-7-6-15-25-19;/h6-7,15,17-18H,4-5,8-14,16H2,1-3H3,(H2,21,22,23);1H. The molecule has 1 aromatic rings. The van der Waals surface area contributed by atoms with Crippen LogP contribution >= 0.6 is 24.0 Å². The molecule has 5 nitrogen and oxygen atoms in total. The molecular formula is C20H37IN4O. The Morgan fingerprint density at radius 1 is 1.35 bits per heavy atom. The van der Waals surface area contributed by atoms with Crippen LogP contribution in [0.25, 0.3) is 0 Å². The molecule has 2 heterocycles. The van der Waals surface area contributed by atoms with Crippen LogP contribution in [0.3, 0.4) is 0 Å². The Morgan fingerprint density at radius 2 is 2.12 bits per heavy atom. The number of hydrogen-bond acceptors (Lipinski definition) is 3. The number of nitrogens with zero attached hydrogens (tertiary/aromatic N) is 2. The fraction of sp³-hybridized carbons (Fsp3) is 0.750. The maximum absolute atomic E-state index is 5.40. The Bertz CT molecular complexity index is 482. The van der Waals surface area contributed by atoms with Gasteiger partial charge in [0.05, 0.1) is 6.26 Å². The molecule has 0 saturated carbocycles. The highest BCUT2D eigenvalue weighted by Gasteiger charge is 2.19. The van der Waals surface area contributed by atoms with E-state index in [2.05, 4.69) is 36.3 Å². The van der Waals surface area contributed by atoms with E-state index in [0.29, 0.717) is 12.0 Å². The normalized spacial score (nSPS) is 16.5. The van der Waals surface area contributed by atoms with Crippen LogP contribution < -0.4 is 10.6 Å². The predicted molar refractivity (Wildman–Crippen MR) is 120 cm³/mol. The van der Waals surface area contributed by atoms with Gasteiger partial charge in [-0.15, -0.1) is 24.0 Å². The third-order valence-corrected chi connectivity index (χ3v) is 4.61. The summed E-state index contributed by atoms with van der Waals surface area (Å²) in [6.45, 7) is 12.0. The number of aliphatic imine (C=N–C) groups is 1. The van der Waals surface area contributed by atoms with Gasteiger partial charge in [0.25, 0.3) is 0 Å². The van der Waals surface area contributed by atoms with E-state index in [0.717, 1.165) is 31.2 Å². The molecule has 2 rings (SSSR count). The van der Waals surface area contributed by atoms with Crippen molar-refractivity contribution in [2.75, 3.05) is 32.7 Å². The van der Waals surface area contributed by atoms with E-state index in [1.54, 1.807) is 6.26 Å². The molecule has 0 aromatic carbocycles. The fourth-order valence-corrected chi connectivity index (χ4v) is 3.06. The molecule has 1 aliphatic heterocycles. The Balaban J connectivity index is 0.00000338. The summed E-state index contributed by atoms with van der Waals surface area (Å²) in [5.41, 5.74) is 0. The summed E-state index contributed by atoms with van der Waals surface area (Å²) >= 11 is 0. The summed E-state index contributed by atoms with van der Waals surface area (Å²) in [6, 6.07) is 4.49. The lowest BCUT2D eigenvalue weighted by Crippen LogP contribution is -2.49. The summed E-state index contributed by atoms with van der Waals surface area (Å²) in [5, 5.41) is 7.12. The molecule has 0 aliphatic carbocycles. The molecule has 6 heteroatoms. The third kappa shape index (κ3) is 9.26. The molecule has 0 spiro atoms. The number of piperidine rings is 1. The first-order valence-electron chi connectivity index (χ1n) is 9.97. The maximum Gasteiger partial charge on any atom is 0.191 e. The summed E-state index contributed by atoms with van der Waals surface area (Å²) in [5.74, 6) is 2.53. The van der Waals surface area contributed by atoms with Crippen LogP contribution in [-0.4, -0.2) is 49.6 Å². The minimum atomic E-state index is 0. The zero-order chi connectivity index (χ0) is 17.9. The van der Waals surface area contributed by atoms with Gasteiger partial charge >= 0.3 is 0 Å². The summed E-state index contributed by atoms with van der Waals surface area (Å²) in [4.78, 5) is 7.35. The Kier molecular flexibility index (Phi) is 12.0. The second-order valence-electron chi connectivity index (χ2n) is 7.45. The number of likely N-dealkylation sites (tertiary alicyclic amines) is 1. The van der Waals surface area contributed by atoms with E-state index < -0.39 is 0 Å². The lowest BCUT2D eigenvalue weighted by atomic mass is 10.0. The fourth-order valence-electron chi connectivity index (χ4n) is 3.06. The first-order valence-corrected chi connectivity index (χ1v) is 9.97. The van der Waals surface area contributed by atoms with E-state index in [9.17, 15) is 0 Å². The minimum absolute atomic E-state index is 0. The highest BCUT2D eigenvalue weighted by molar-refractivity contribution is 14.0. The van der Waals surface area contributed by atoms with Crippen LogP contribution in [0.15, 0.2) is 27.8 Å². The van der Waals surface area contributed by atoms with Crippen molar-refractivity contribution in [2.45, 2.75) is 58.9 Å². The minimum Gasteiger partial charge on any atom is -0.469 e. The number of halogens is 1. The molecule has 1 aromatic heterocycles. The van der Waals surface area contributed by atoms with Crippen LogP contribution in [0, 0.1) is 5.92 Å². The van der Waals surface area contributed by atoms with Gasteiger partial charge in [-0.25, -0.2) is 0 Å². The SMILES string of the molecule is CCCCN1CCC(NC(=NCC(C)C)NCCc2ccco2)CC1.I. The lowest BCUT2D eigenvalue weighted by molar-refractivity contribution is 0.203. The van der Waals surface area contributed by atoms with Gasteiger partial charge < -0.3 is 20.0 Å². The molecule has 1 fully saturated rings. The molecule has 0 unspecified atom stereocenters. The summed E-state index contributed by atoms with van der Waals surface area (Å²) in [7, 11) is 0. The van der Waals surface area contributed by atoms with Crippen LogP contribution in [0.2, 0.25) is 0 Å². The van der Waals surface area contributed by atoms with E-state index in [-0.39, 0.29) is 24.0 Å². The van der Waals surface area contributed by atoms with Crippen LogP contribution in [0.1, 0.15) is 52.2 Å². The molecule has 0 radical (unpaired) electrons. The predicted octanol–water partition coefficient (Wildman–Crippen LogP) is 3.90. The number of guanidine groups is 1. The number of rotatable bonds is 9. The maximum atomic E-state index is 5.40. The molecule has 1 saturated heterocycles. The second kappa shape index (κ2) is 13.4. The van der Waals surface area contributed by atoms with Crippen molar-refractivity contribution in [2.24, 2.45) is 10.9 Å². The number of furan rings is 1. The third-order valence-electron chi connectivity index (χ3n) is 4.61. The first-order chi connectivity index (χ1) is 12.2. The van der Waals surface area contributed by atoms with E-state index >= 15 is 0 Å². The Labute approximate surface area is 176 Å². The molecule has 0 amide bonds. The summed E-state index contributed by atoms with van der Waals surface area (Å²) in [6.07, 6.45) is 7.60. The highest BCUT2D eigenvalue weighted by atomic mass is 127. The van der Waals surface area contributed by atoms with Crippen molar-refractivity contribution >= 4 is 29.9 Å². The molecular weight excluding hydrogens is 439 g/mol. The van der Waals surface area contributed by atoms with Gasteiger partial charge in [0.2, 0.25) is 0 Å². The van der Waals surface area contributed by atoms with E-state index in [4.69, 9.17) is 9.41 Å².